The molecule has 2 rings (SSSR count). The Bertz CT molecular complexity index is 453. The number of piperidine rings is 1. The van der Waals surface area contributed by atoms with Crippen LogP contribution in [-0.2, 0) is 0 Å². The van der Waals surface area contributed by atoms with Gasteiger partial charge in [-0.2, -0.15) is 0 Å². The predicted molar refractivity (Wildman–Crippen MR) is 76.7 cm³/mol. The Morgan fingerprint density at radius 3 is 2.68 bits per heavy atom. The largest absolute Gasteiger partial charge is 0.507 e. The minimum Gasteiger partial charge on any atom is -0.507 e. The summed E-state index contributed by atoms with van der Waals surface area (Å²) in [5.41, 5.74) is 0.346. The number of phenols is 1. The lowest BCUT2D eigenvalue weighted by Crippen LogP contribution is -2.38. The number of likely N-dealkylation sites (tertiary alicyclic amines) is 1. The summed E-state index contributed by atoms with van der Waals surface area (Å²) in [6.07, 6.45) is 4.58. The van der Waals surface area contributed by atoms with Crippen LogP contribution >= 0.6 is 11.6 Å². The Morgan fingerprint density at radius 1 is 1.42 bits per heavy atom. The van der Waals surface area contributed by atoms with Gasteiger partial charge in [-0.15, -0.1) is 0 Å². The molecule has 1 aliphatic rings. The molecule has 0 radical (unpaired) electrons. The molecule has 3 nitrogen and oxygen atoms in total. The van der Waals surface area contributed by atoms with Gasteiger partial charge in [0.05, 0.1) is 5.56 Å². The molecule has 104 valence electrons. The minimum atomic E-state index is -0.0934. The number of phenolic OH excluding ortho intramolecular Hbond substituents is 1. The molecular weight excluding hydrogens is 262 g/mol. The fourth-order valence-electron chi connectivity index (χ4n) is 2.69. The van der Waals surface area contributed by atoms with Crippen molar-refractivity contribution >= 4 is 17.5 Å². The molecule has 0 atom stereocenters. The van der Waals surface area contributed by atoms with E-state index in [0.29, 0.717) is 10.6 Å². The van der Waals surface area contributed by atoms with Crippen molar-refractivity contribution in [2.45, 2.75) is 32.6 Å². The fourth-order valence-corrected chi connectivity index (χ4v) is 2.86. The van der Waals surface area contributed by atoms with E-state index in [9.17, 15) is 9.90 Å². The van der Waals surface area contributed by atoms with Crippen LogP contribution in [0.25, 0.3) is 0 Å². The number of carbonyl (C=O) groups excluding carboxylic acids is 1. The number of hydrogen-bond donors (Lipinski definition) is 1. The molecule has 0 aromatic heterocycles. The van der Waals surface area contributed by atoms with Crippen molar-refractivity contribution in [3.8, 4) is 5.75 Å². The van der Waals surface area contributed by atoms with Crippen LogP contribution in [0.4, 0.5) is 0 Å². The Morgan fingerprint density at radius 2 is 2.11 bits per heavy atom. The van der Waals surface area contributed by atoms with Gasteiger partial charge in [-0.3, -0.25) is 4.79 Å². The van der Waals surface area contributed by atoms with Crippen LogP contribution in [0.2, 0.25) is 5.02 Å². The number of halogens is 1. The number of rotatable bonds is 3. The lowest BCUT2D eigenvalue weighted by Gasteiger charge is -2.32. The van der Waals surface area contributed by atoms with Gasteiger partial charge in [-0.25, -0.2) is 0 Å². The number of amides is 1. The Hall–Kier alpha value is -1.22. The van der Waals surface area contributed by atoms with Gasteiger partial charge in [0.25, 0.3) is 5.91 Å². The second-order valence-corrected chi connectivity index (χ2v) is 5.62. The summed E-state index contributed by atoms with van der Waals surface area (Å²) in [4.78, 5) is 14.1. The zero-order valence-corrected chi connectivity index (χ0v) is 12.0. The van der Waals surface area contributed by atoms with Crippen molar-refractivity contribution in [2.24, 2.45) is 5.92 Å². The van der Waals surface area contributed by atoms with Crippen LogP contribution in [0.5, 0.6) is 5.75 Å². The Balaban J connectivity index is 2.01. The highest BCUT2D eigenvalue weighted by Gasteiger charge is 2.24. The maximum atomic E-state index is 12.3. The Labute approximate surface area is 119 Å². The van der Waals surface area contributed by atoms with Crippen LogP contribution in [0.1, 0.15) is 43.0 Å². The molecule has 1 fully saturated rings. The van der Waals surface area contributed by atoms with Crippen LogP contribution in [0, 0.1) is 5.92 Å². The second kappa shape index (κ2) is 6.29. The lowest BCUT2D eigenvalue weighted by atomic mass is 9.92. The van der Waals surface area contributed by atoms with Gasteiger partial charge < -0.3 is 10.0 Å². The van der Waals surface area contributed by atoms with Gasteiger partial charge in [0.2, 0.25) is 0 Å². The first-order valence-electron chi connectivity index (χ1n) is 6.89. The number of benzene rings is 1. The van der Waals surface area contributed by atoms with E-state index in [1.165, 1.54) is 18.9 Å². The zero-order chi connectivity index (χ0) is 13.8. The predicted octanol–water partition coefficient (Wildman–Crippen LogP) is 3.70. The van der Waals surface area contributed by atoms with Crippen LogP contribution in [0.15, 0.2) is 18.2 Å². The number of hydrogen-bond acceptors (Lipinski definition) is 2. The van der Waals surface area contributed by atoms with Crippen LogP contribution in [-0.4, -0.2) is 29.0 Å². The molecule has 0 unspecified atom stereocenters. The van der Waals surface area contributed by atoms with Gasteiger partial charge in [0, 0.05) is 18.1 Å². The highest BCUT2D eigenvalue weighted by atomic mass is 35.5. The van der Waals surface area contributed by atoms with E-state index in [0.717, 1.165) is 31.8 Å². The van der Waals surface area contributed by atoms with E-state index in [1.54, 1.807) is 12.1 Å². The van der Waals surface area contributed by atoms with E-state index in [4.69, 9.17) is 11.6 Å². The molecule has 0 saturated carbocycles. The summed E-state index contributed by atoms with van der Waals surface area (Å²) in [5, 5.41) is 10.2. The first-order valence-corrected chi connectivity index (χ1v) is 7.27. The van der Waals surface area contributed by atoms with Crippen molar-refractivity contribution in [1.29, 1.82) is 0 Å². The molecule has 1 amide bonds. The van der Waals surface area contributed by atoms with Crippen molar-refractivity contribution in [2.75, 3.05) is 13.1 Å². The zero-order valence-electron chi connectivity index (χ0n) is 11.2. The third-order valence-corrected chi connectivity index (χ3v) is 4.02. The van der Waals surface area contributed by atoms with E-state index >= 15 is 0 Å². The monoisotopic (exact) mass is 281 g/mol. The number of nitrogens with zero attached hydrogens (tertiary/aromatic N) is 1. The summed E-state index contributed by atoms with van der Waals surface area (Å²) in [6, 6.07) is 4.65. The topological polar surface area (TPSA) is 40.5 Å². The maximum Gasteiger partial charge on any atom is 0.257 e. The number of carbonyl (C=O) groups is 1. The van der Waals surface area contributed by atoms with Crippen molar-refractivity contribution in [3.63, 3.8) is 0 Å². The molecule has 1 heterocycles. The molecule has 1 aromatic carbocycles. The smallest absolute Gasteiger partial charge is 0.257 e. The highest BCUT2D eigenvalue weighted by Crippen LogP contribution is 2.26. The van der Waals surface area contributed by atoms with Gasteiger partial charge in [0.1, 0.15) is 5.75 Å². The molecule has 0 aliphatic carbocycles. The van der Waals surface area contributed by atoms with E-state index < -0.39 is 0 Å². The van der Waals surface area contributed by atoms with E-state index in [1.807, 2.05) is 4.90 Å². The van der Waals surface area contributed by atoms with Gasteiger partial charge in [-0.1, -0.05) is 31.4 Å². The lowest BCUT2D eigenvalue weighted by molar-refractivity contribution is 0.0683. The first-order chi connectivity index (χ1) is 9.11. The molecule has 1 aromatic rings. The summed E-state index contributed by atoms with van der Waals surface area (Å²) in [5.74, 6) is 0.616. The second-order valence-electron chi connectivity index (χ2n) is 5.19. The SMILES string of the molecule is CCCC1CCN(C(=O)c2ccc(Cl)cc2O)CC1. The van der Waals surface area contributed by atoms with Gasteiger partial charge >= 0.3 is 0 Å². The Kier molecular flexibility index (Phi) is 4.70. The summed E-state index contributed by atoms with van der Waals surface area (Å²) in [6.45, 7) is 3.76. The summed E-state index contributed by atoms with van der Waals surface area (Å²) in [7, 11) is 0. The average molecular weight is 282 g/mol. The molecule has 1 aliphatic heterocycles. The van der Waals surface area contributed by atoms with E-state index in [-0.39, 0.29) is 11.7 Å². The molecule has 0 bridgehead atoms. The third kappa shape index (κ3) is 3.41. The summed E-state index contributed by atoms with van der Waals surface area (Å²) >= 11 is 5.78. The van der Waals surface area contributed by atoms with E-state index in [2.05, 4.69) is 6.92 Å². The minimum absolute atomic E-state index is 0.0341. The number of aromatic hydroxyl groups is 1. The van der Waals surface area contributed by atoms with Crippen LogP contribution < -0.4 is 0 Å². The molecular formula is C15H20ClNO2. The normalized spacial score (nSPS) is 16.6. The molecule has 1 saturated heterocycles. The van der Waals surface area contributed by atoms with Gasteiger partial charge in [0.15, 0.2) is 0 Å². The maximum absolute atomic E-state index is 12.3. The molecule has 1 N–H and O–H groups in total. The van der Waals surface area contributed by atoms with Crippen LogP contribution in [0.3, 0.4) is 0 Å². The van der Waals surface area contributed by atoms with Crippen molar-refractivity contribution in [1.82, 2.24) is 4.90 Å². The summed E-state index contributed by atoms with van der Waals surface area (Å²) < 4.78 is 0. The molecule has 0 spiro atoms. The quantitative estimate of drug-likeness (QED) is 0.918. The van der Waals surface area contributed by atoms with Crippen molar-refractivity contribution < 1.29 is 9.90 Å². The first kappa shape index (κ1) is 14.2. The third-order valence-electron chi connectivity index (χ3n) is 3.79. The highest BCUT2D eigenvalue weighted by molar-refractivity contribution is 6.30. The molecule has 4 heteroatoms. The van der Waals surface area contributed by atoms with Crippen molar-refractivity contribution in [3.05, 3.63) is 28.8 Å². The standard InChI is InChI=1S/C15H20ClNO2/c1-2-3-11-6-8-17(9-7-11)15(19)13-5-4-12(16)10-14(13)18/h4-5,10-11,18H,2-3,6-9H2,1H3. The van der Waals surface area contributed by atoms with Gasteiger partial charge in [-0.05, 0) is 37.0 Å². The fraction of sp³-hybridized carbons (Fsp3) is 0.533. The average Bonchev–Trinajstić information content (AvgIpc) is 2.39. The molecule has 19 heavy (non-hydrogen) atoms.